The fraction of sp³-hybridized carbons (Fsp3) is 0.174. The molecule has 3 rings (SSSR count). The number of nitrogens with two attached hydrogens (primary N) is 1. The summed E-state index contributed by atoms with van der Waals surface area (Å²) in [7, 11) is 0. The summed E-state index contributed by atoms with van der Waals surface area (Å²) in [5.74, 6) is -0.391. The Labute approximate surface area is 169 Å². The summed E-state index contributed by atoms with van der Waals surface area (Å²) in [6, 6.07) is 22.7. The van der Waals surface area contributed by atoms with Gasteiger partial charge in [-0.3, -0.25) is 4.79 Å². The molecular formula is C23H23NO5. The van der Waals surface area contributed by atoms with Crippen molar-refractivity contribution in [2.24, 2.45) is 5.73 Å². The van der Waals surface area contributed by atoms with Crippen molar-refractivity contribution in [2.45, 2.75) is 25.4 Å². The number of benzene rings is 3. The molecule has 0 amide bonds. The standard InChI is InChI=1S/C23H23NO5/c24-21(23(26)27)22(25)18-11-12-19(28-14-16-7-3-1-4-8-16)20(13-18)29-15-17-9-5-2-6-10-17/h1-13,21-22,25H,14-15,24H2,(H,26,27)/t21-,22-/m1/s1/i21+1,23+1,24+1. The third-order valence-electron chi connectivity index (χ3n) is 4.41. The van der Waals surface area contributed by atoms with Crippen LogP contribution in [0.5, 0.6) is 11.5 Å². The summed E-state index contributed by atoms with van der Waals surface area (Å²) < 4.78 is 11.8. The smallest absolute Gasteiger partial charge is 0.323 e. The monoisotopic (exact) mass is 396 g/mol. The molecule has 6 nitrogen and oxygen atoms in total. The minimum atomic E-state index is -1.44. The lowest BCUT2D eigenvalue weighted by Gasteiger charge is -2.18. The first kappa shape index (κ1) is 20.4. The lowest BCUT2D eigenvalue weighted by molar-refractivity contribution is -0.141. The van der Waals surface area contributed by atoms with E-state index in [9.17, 15) is 9.90 Å². The summed E-state index contributed by atoms with van der Waals surface area (Å²) in [4.78, 5) is 11.1. The zero-order valence-corrected chi connectivity index (χ0v) is 15.8. The summed E-state index contributed by atoms with van der Waals surface area (Å²) >= 11 is 0. The van der Waals surface area contributed by atoms with Crippen molar-refractivity contribution in [1.82, 2.24) is 0 Å². The number of rotatable bonds is 9. The number of aliphatic hydroxyl groups is 1. The second kappa shape index (κ2) is 9.73. The van der Waals surface area contributed by atoms with Gasteiger partial charge in [0.15, 0.2) is 11.5 Å². The molecular weight excluding hydrogens is 373 g/mol. The van der Waals surface area contributed by atoms with E-state index in [1.165, 1.54) is 0 Å². The number of carbonyl (C=O) groups is 1. The van der Waals surface area contributed by atoms with Crippen LogP contribution >= 0.6 is 0 Å². The molecule has 150 valence electrons. The van der Waals surface area contributed by atoms with E-state index >= 15 is 0 Å². The minimum absolute atomic E-state index is 0.299. The maximum Gasteiger partial charge on any atom is 0.323 e. The molecule has 0 saturated heterocycles. The molecule has 3 aromatic carbocycles. The molecule has 0 fully saturated rings. The minimum Gasteiger partial charge on any atom is -0.485 e. The van der Waals surface area contributed by atoms with Gasteiger partial charge in [0.2, 0.25) is 0 Å². The number of aliphatic hydroxyl groups excluding tert-OH is 1. The Morgan fingerprint density at radius 2 is 1.34 bits per heavy atom. The molecule has 0 bridgehead atoms. The second-order valence-electron chi connectivity index (χ2n) is 6.56. The highest BCUT2D eigenvalue weighted by Crippen LogP contribution is 2.32. The zero-order chi connectivity index (χ0) is 20.6. The van der Waals surface area contributed by atoms with Crippen molar-refractivity contribution in [3.63, 3.8) is 0 Å². The Hall–Kier alpha value is -3.35. The van der Waals surface area contributed by atoms with E-state index < -0.39 is 18.1 Å². The van der Waals surface area contributed by atoms with E-state index in [4.69, 9.17) is 20.3 Å². The molecule has 0 heterocycles. The van der Waals surface area contributed by atoms with Crippen molar-refractivity contribution in [1.29, 1.82) is 0 Å². The Bertz CT molecular complexity index is 931. The highest BCUT2D eigenvalue weighted by atomic mass is 16.5. The second-order valence-corrected chi connectivity index (χ2v) is 6.56. The molecule has 6 heteroatoms. The van der Waals surface area contributed by atoms with Gasteiger partial charge in [0.05, 0.1) is 0 Å². The predicted molar refractivity (Wildman–Crippen MR) is 109 cm³/mol. The van der Waals surface area contributed by atoms with Crippen molar-refractivity contribution in [3.8, 4) is 11.5 Å². The molecule has 29 heavy (non-hydrogen) atoms. The first-order chi connectivity index (χ1) is 14.0. The molecule has 4 N–H and O–H groups in total. The summed E-state index contributed by atoms with van der Waals surface area (Å²) in [5, 5.41) is 19.3. The quantitative estimate of drug-likeness (QED) is 0.379. The maximum atomic E-state index is 11.1. The molecule has 0 aliphatic rings. The fourth-order valence-electron chi connectivity index (χ4n) is 2.75. The number of carboxylic acids is 1. The Balaban J connectivity index is 1.82. The molecule has 0 saturated carbocycles. The maximum absolute atomic E-state index is 11.1. The average molecular weight is 396 g/mol. The Morgan fingerprint density at radius 1 is 0.828 bits per heavy atom. The van der Waals surface area contributed by atoms with E-state index in [0.717, 1.165) is 11.1 Å². The van der Waals surface area contributed by atoms with Gasteiger partial charge in [-0.25, -0.2) is 0 Å². The molecule has 0 unspecified atom stereocenters. The van der Waals surface area contributed by atoms with Crippen molar-refractivity contribution in [2.75, 3.05) is 0 Å². The van der Waals surface area contributed by atoms with Gasteiger partial charge in [-0.1, -0.05) is 66.7 Å². The highest BCUT2D eigenvalue weighted by molar-refractivity contribution is 5.74. The van der Waals surface area contributed by atoms with Crippen molar-refractivity contribution < 1.29 is 24.5 Å². The van der Waals surface area contributed by atoms with Gasteiger partial charge in [0.25, 0.3) is 0 Å². The molecule has 3 aromatic rings. The summed E-state index contributed by atoms with van der Waals surface area (Å²) in [6.45, 7) is 0.645. The van der Waals surface area contributed by atoms with Gasteiger partial charge in [-0.05, 0) is 28.8 Å². The van der Waals surface area contributed by atoms with E-state index in [1.807, 2.05) is 60.7 Å². The third kappa shape index (κ3) is 5.57. The van der Waals surface area contributed by atoms with E-state index in [-0.39, 0.29) is 0 Å². The van der Waals surface area contributed by atoms with Crippen LogP contribution < -0.4 is 15.2 Å². The number of aliphatic carboxylic acids is 1. The van der Waals surface area contributed by atoms with Crippen LogP contribution in [0.15, 0.2) is 78.9 Å². The number of carboxylic acid groups (broad SMARTS) is 1. The zero-order valence-electron chi connectivity index (χ0n) is 15.8. The number of hydrogen-bond donors (Lipinski definition) is 3. The van der Waals surface area contributed by atoms with Gasteiger partial charge in [-0.2, -0.15) is 0 Å². The lowest BCUT2D eigenvalue weighted by atomic mass is 10.1. The van der Waals surface area contributed by atoms with Gasteiger partial charge in [-0.15, -0.1) is 0 Å². The lowest BCUT2D eigenvalue weighted by Crippen LogP contribution is -2.36. The van der Waals surface area contributed by atoms with Crippen LogP contribution in [0.4, 0.5) is 0 Å². The first-order valence-corrected chi connectivity index (χ1v) is 9.18. The fourth-order valence-corrected chi connectivity index (χ4v) is 2.75. The predicted octanol–water partition coefficient (Wildman–Crippen LogP) is 3.29. The SMILES string of the molecule is [15NH2][13C@H]([C@H](O)c1ccc(OCc2ccccc2)c(OCc2ccccc2)c1)[13C](=O)O. The van der Waals surface area contributed by atoms with E-state index in [0.29, 0.717) is 30.3 Å². The topological polar surface area (TPSA) is 102 Å². The molecule has 0 spiro atoms. The number of hydrogen-bond acceptors (Lipinski definition) is 5. The molecule has 2 atom stereocenters. The molecule has 0 aliphatic carbocycles. The van der Waals surface area contributed by atoms with Crippen LogP contribution in [0.3, 0.4) is 0 Å². The third-order valence-corrected chi connectivity index (χ3v) is 4.41. The van der Waals surface area contributed by atoms with Gasteiger partial charge in [0, 0.05) is 0 Å². The molecule has 0 aliphatic heterocycles. The van der Waals surface area contributed by atoms with Crippen LogP contribution in [-0.4, -0.2) is 22.2 Å². The van der Waals surface area contributed by atoms with Crippen LogP contribution in [0.2, 0.25) is 0 Å². The number of ether oxygens (including phenoxy) is 2. The van der Waals surface area contributed by atoms with Crippen LogP contribution in [-0.2, 0) is 18.0 Å². The van der Waals surface area contributed by atoms with Gasteiger partial charge >= 0.3 is 5.97 Å². The normalized spacial score (nSPS) is 12.8. The average Bonchev–Trinajstić information content (AvgIpc) is 2.76. The van der Waals surface area contributed by atoms with E-state index in [1.54, 1.807) is 18.2 Å². The summed E-state index contributed by atoms with van der Waals surface area (Å²) in [6.07, 6.45) is -1.37. The summed E-state index contributed by atoms with van der Waals surface area (Å²) in [5.41, 5.74) is 7.87. The van der Waals surface area contributed by atoms with Crippen molar-refractivity contribution >= 4 is 5.97 Å². The molecule has 0 aromatic heterocycles. The Kier molecular flexibility index (Phi) is 6.84. The van der Waals surface area contributed by atoms with Gasteiger partial charge in [0.1, 0.15) is 25.4 Å². The molecule has 0 radical (unpaired) electrons. The first-order valence-electron chi connectivity index (χ1n) is 9.18. The van der Waals surface area contributed by atoms with Crippen LogP contribution in [0.25, 0.3) is 0 Å². The largest absolute Gasteiger partial charge is 0.485 e. The van der Waals surface area contributed by atoms with E-state index in [2.05, 4.69) is 0 Å². The van der Waals surface area contributed by atoms with Crippen molar-refractivity contribution in [3.05, 3.63) is 95.6 Å². The van der Waals surface area contributed by atoms with Crippen LogP contribution in [0, 0.1) is 0 Å². The Morgan fingerprint density at radius 3 is 1.86 bits per heavy atom. The van der Waals surface area contributed by atoms with Crippen LogP contribution in [0.1, 0.15) is 22.8 Å². The van der Waals surface area contributed by atoms with Gasteiger partial charge < -0.3 is 25.4 Å². The highest BCUT2D eigenvalue weighted by Gasteiger charge is 2.24.